The molecule has 7 nitrogen and oxygen atoms in total. The van der Waals surface area contributed by atoms with Gasteiger partial charge in [-0.15, -0.1) is 11.3 Å². The first-order valence-electron chi connectivity index (χ1n) is 9.26. The normalized spacial score (nSPS) is 12.8. The molecular formula is C21H22N2O5S. The van der Waals surface area contributed by atoms with Gasteiger partial charge in [0, 0.05) is 24.9 Å². The van der Waals surface area contributed by atoms with Crippen LogP contribution in [0.1, 0.15) is 44.0 Å². The van der Waals surface area contributed by atoms with Crippen molar-refractivity contribution in [3.63, 3.8) is 0 Å². The van der Waals surface area contributed by atoms with E-state index in [-0.39, 0.29) is 43.7 Å². The van der Waals surface area contributed by atoms with Gasteiger partial charge in [0.05, 0.1) is 17.7 Å². The van der Waals surface area contributed by atoms with Gasteiger partial charge in [-0.25, -0.2) is 0 Å². The van der Waals surface area contributed by atoms with E-state index in [4.69, 9.17) is 4.74 Å². The Balaban J connectivity index is 1.39. The zero-order valence-electron chi connectivity index (χ0n) is 16.3. The lowest BCUT2D eigenvalue weighted by molar-refractivity contribution is -0.151. The molecule has 0 aliphatic carbocycles. The number of thiophene rings is 1. The number of hydrogen-bond acceptors (Lipinski definition) is 6. The van der Waals surface area contributed by atoms with E-state index in [1.807, 2.05) is 18.4 Å². The summed E-state index contributed by atoms with van der Waals surface area (Å²) >= 11 is 1.58. The van der Waals surface area contributed by atoms with Gasteiger partial charge in [-0.3, -0.25) is 24.1 Å². The third-order valence-corrected chi connectivity index (χ3v) is 5.78. The minimum absolute atomic E-state index is 0.0223. The van der Waals surface area contributed by atoms with Gasteiger partial charge < -0.3 is 9.64 Å². The molecule has 0 fully saturated rings. The molecule has 3 amide bonds. The molecule has 152 valence electrons. The molecular weight excluding hydrogens is 392 g/mol. The summed E-state index contributed by atoms with van der Waals surface area (Å²) in [5, 5.41) is 1.97. The van der Waals surface area contributed by atoms with Crippen molar-refractivity contribution in [1.82, 2.24) is 9.80 Å². The Kier molecular flexibility index (Phi) is 6.43. The molecule has 2 heterocycles. The number of ether oxygens (including phenoxy) is 1. The SMILES string of the molecule is Cc1ccsc1CN(C)C(=O)COC(=O)CCCN1C(=O)c2ccccc2C1=O. The Morgan fingerprint density at radius 1 is 1.10 bits per heavy atom. The van der Waals surface area contributed by atoms with E-state index in [9.17, 15) is 19.2 Å². The molecule has 0 radical (unpaired) electrons. The van der Waals surface area contributed by atoms with Gasteiger partial charge in [0.1, 0.15) is 0 Å². The van der Waals surface area contributed by atoms with Crippen LogP contribution in [-0.4, -0.2) is 53.7 Å². The van der Waals surface area contributed by atoms with Crippen LogP contribution in [0.25, 0.3) is 0 Å². The van der Waals surface area contributed by atoms with Gasteiger partial charge in [0.25, 0.3) is 17.7 Å². The molecule has 3 rings (SSSR count). The fraction of sp³-hybridized carbons (Fsp3) is 0.333. The molecule has 0 N–H and O–H groups in total. The Labute approximate surface area is 172 Å². The van der Waals surface area contributed by atoms with Crippen LogP contribution in [0.3, 0.4) is 0 Å². The van der Waals surface area contributed by atoms with Crippen LogP contribution in [0.2, 0.25) is 0 Å². The monoisotopic (exact) mass is 414 g/mol. The number of carbonyl (C=O) groups excluding carboxylic acids is 4. The minimum Gasteiger partial charge on any atom is -0.456 e. The number of benzene rings is 1. The second-order valence-electron chi connectivity index (χ2n) is 6.85. The molecule has 1 aliphatic heterocycles. The zero-order valence-corrected chi connectivity index (χ0v) is 17.2. The molecule has 0 bridgehead atoms. The van der Waals surface area contributed by atoms with Crippen molar-refractivity contribution in [2.45, 2.75) is 26.3 Å². The molecule has 0 atom stereocenters. The number of hydrogen-bond donors (Lipinski definition) is 0. The molecule has 0 spiro atoms. The van der Waals surface area contributed by atoms with Crippen molar-refractivity contribution in [2.24, 2.45) is 0 Å². The van der Waals surface area contributed by atoms with Crippen molar-refractivity contribution in [3.05, 3.63) is 57.3 Å². The van der Waals surface area contributed by atoms with Crippen LogP contribution in [0.15, 0.2) is 35.7 Å². The summed E-state index contributed by atoms with van der Waals surface area (Å²) in [6.45, 7) is 2.26. The van der Waals surface area contributed by atoms with Crippen LogP contribution in [-0.2, 0) is 20.9 Å². The first-order chi connectivity index (χ1) is 13.9. The number of imide groups is 1. The Hall–Kier alpha value is -3.00. The third kappa shape index (κ3) is 4.71. The molecule has 2 aromatic rings. The molecule has 1 aliphatic rings. The quantitative estimate of drug-likeness (QED) is 0.490. The average Bonchev–Trinajstić information content (AvgIpc) is 3.22. The van der Waals surface area contributed by atoms with E-state index < -0.39 is 5.97 Å². The molecule has 29 heavy (non-hydrogen) atoms. The summed E-state index contributed by atoms with van der Waals surface area (Å²) < 4.78 is 5.04. The fourth-order valence-corrected chi connectivity index (χ4v) is 3.98. The number of carbonyl (C=O) groups is 4. The highest BCUT2D eigenvalue weighted by Gasteiger charge is 2.34. The summed E-state index contributed by atoms with van der Waals surface area (Å²) in [4.78, 5) is 52.3. The second kappa shape index (κ2) is 9.00. The second-order valence-corrected chi connectivity index (χ2v) is 7.85. The van der Waals surface area contributed by atoms with Gasteiger partial charge in [0.15, 0.2) is 6.61 Å². The van der Waals surface area contributed by atoms with Gasteiger partial charge >= 0.3 is 5.97 Å². The summed E-state index contributed by atoms with van der Waals surface area (Å²) in [5.74, 6) is -1.51. The van der Waals surface area contributed by atoms with E-state index in [0.717, 1.165) is 15.3 Å². The summed E-state index contributed by atoms with van der Waals surface area (Å²) in [7, 11) is 1.66. The Morgan fingerprint density at radius 2 is 1.76 bits per heavy atom. The average molecular weight is 414 g/mol. The van der Waals surface area contributed by atoms with Crippen LogP contribution in [0, 0.1) is 6.92 Å². The van der Waals surface area contributed by atoms with Gasteiger partial charge in [-0.1, -0.05) is 12.1 Å². The van der Waals surface area contributed by atoms with Crippen molar-refractivity contribution >= 4 is 35.0 Å². The van der Waals surface area contributed by atoms with Crippen LogP contribution in [0.5, 0.6) is 0 Å². The predicted molar refractivity (Wildman–Crippen MR) is 108 cm³/mol. The zero-order chi connectivity index (χ0) is 21.0. The number of amides is 3. The van der Waals surface area contributed by atoms with Crippen LogP contribution < -0.4 is 0 Å². The first-order valence-corrected chi connectivity index (χ1v) is 10.1. The van der Waals surface area contributed by atoms with E-state index in [2.05, 4.69) is 0 Å². The van der Waals surface area contributed by atoms with Gasteiger partial charge in [-0.2, -0.15) is 0 Å². The molecule has 8 heteroatoms. The van der Waals surface area contributed by atoms with Gasteiger partial charge in [0.2, 0.25) is 0 Å². The highest BCUT2D eigenvalue weighted by atomic mass is 32.1. The molecule has 1 aromatic heterocycles. The topological polar surface area (TPSA) is 84.0 Å². The highest BCUT2D eigenvalue weighted by molar-refractivity contribution is 7.10. The first kappa shape index (κ1) is 20.7. The number of esters is 1. The van der Waals surface area contributed by atoms with Crippen molar-refractivity contribution < 1.29 is 23.9 Å². The maximum atomic E-state index is 12.3. The number of rotatable bonds is 8. The van der Waals surface area contributed by atoms with E-state index in [1.54, 1.807) is 42.6 Å². The minimum atomic E-state index is -0.532. The van der Waals surface area contributed by atoms with Crippen LogP contribution >= 0.6 is 11.3 Å². The van der Waals surface area contributed by atoms with Crippen molar-refractivity contribution in [2.75, 3.05) is 20.2 Å². The summed E-state index contributed by atoms with van der Waals surface area (Å²) in [6.07, 6.45) is 0.303. The maximum absolute atomic E-state index is 12.3. The highest BCUT2D eigenvalue weighted by Crippen LogP contribution is 2.22. The van der Waals surface area contributed by atoms with Crippen molar-refractivity contribution in [3.8, 4) is 0 Å². The van der Waals surface area contributed by atoms with Crippen molar-refractivity contribution in [1.29, 1.82) is 0 Å². The molecule has 1 aromatic carbocycles. The van der Waals surface area contributed by atoms with Crippen LogP contribution in [0.4, 0.5) is 0 Å². The standard InChI is InChI=1S/C21H22N2O5S/c1-14-9-11-29-17(14)12-22(2)18(24)13-28-19(25)8-5-10-23-20(26)15-6-3-4-7-16(15)21(23)27/h3-4,6-7,9,11H,5,8,10,12-13H2,1-2H3. The molecule has 0 saturated heterocycles. The molecule has 0 unspecified atom stereocenters. The summed E-state index contributed by atoms with van der Waals surface area (Å²) in [5.41, 5.74) is 1.89. The molecule has 0 saturated carbocycles. The van der Waals surface area contributed by atoms with E-state index >= 15 is 0 Å². The van der Waals surface area contributed by atoms with E-state index in [1.165, 1.54) is 4.90 Å². The van der Waals surface area contributed by atoms with Gasteiger partial charge in [-0.05, 0) is 42.5 Å². The van der Waals surface area contributed by atoms with E-state index in [0.29, 0.717) is 17.7 Å². The lowest BCUT2D eigenvalue weighted by atomic mass is 10.1. The number of aryl methyl sites for hydroxylation is 1. The number of fused-ring (bicyclic) bond motifs is 1. The number of nitrogens with zero attached hydrogens (tertiary/aromatic N) is 2. The predicted octanol–water partition coefficient (Wildman–Crippen LogP) is 2.63. The number of likely N-dealkylation sites (N-methyl/N-ethyl adjacent to an activating group) is 1. The Morgan fingerprint density at radius 3 is 2.34 bits per heavy atom. The summed E-state index contributed by atoms with van der Waals surface area (Å²) in [6, 6.07) is 8.64. The lowest BCUT2D eigenvalue weighted by Crippen LogP contribution is -2.32. The lowest BCUT2D eigenvalue weighted by Gasteiger charge is -2.17. The maximum Gasteiger partial charge on any atom is 0.306 e. The largest absolute Gasteiger partial charge is 0.456 e. The Bertz CT molecular complexity index is 917. The fourth-order valence-electron chi connectivity index (χ4n) is 3.02. The smallest absolute Gasteiger partial charge is 0.306 e. The third-order valence-electron chi connectivity index (χ3n) is 4.77.